The molecule has 0 saturated carbocycles. The van der Waals surface area contributed by atoms with E-state index in [1.165, 1.54) is 0 Å². The zero-order valence-corrected chi connectivity index (χ0v) is 10.4. The highest BCUT2D eigenvalue weighted by molar-refractivity contribution is 5.94. The predicted molar refractivity (Wildman–Crippen MR) is 69.0 cm³/mol. The Morgan fingerprint density at radius 3 is 2.44 bits per heavy atom. The number of benzene rings is 1. The molecule has 1 aromatic carbocycles. The van der Waals surface area contributed by atoms with E-state index >= 15 is 0 Å². The first-order chi connectivity index (χ1) is 8.81. The Balaban J connectivity index is 1.87. The van der Waals surface area contributed by atoms with Gasteiger partial charge >= 0.3 is 0 Å². The summed E-state index contributed by atoms with van der Waals surface area (Å²) >= 11 is 0. The zero-order valence-electron chi connectivity index (χ0n) is 10.4. The van der Waals surface area contributed by atoms with Gasteiger partial charge in [0.05, 0.1) is 6.07 Å². The summed E-state index contributed by atoms with van der Waals surface area (Å²) in [6, 6.07) is 11.5. The summed E-state index contributed by atoms with van der Waals surface area (Å²) in [5.74, 6) is 0.107. The van der Waals surface area contributed by atoms with E-state index in [1.54, 1.807) is 0 Å². The molecule has 4 nitrogen and oxygen atoms in total. The van der Waals surface area contributed by atoms with Crippen LogP contribution in [0.4, 0.5) is 0 Å². The van der Waals surface area contributed by atoms with E-state index in [4.69, 9.17) is 5.26 Å². The molecule has 1 fully saturated rings. The van der Waals surface area contributed by atoms with E-state index in [0.29, 0.717) is 6.42 Å². The Bertz CT molecular complexity index is 430. The van der Waals surface area contributed by atoms with Crippen molar-refractivity contribution in [3.8, 4) is 6.07 Å². The second-order valence-corrected chi connectivity index (χ2v) is 4.41. The molecular weight excluding hydrogens is 226 g/mol. The molecule has 1 amide bonds. The third-order valence-corrected chi connectivity index (χ3v) is 3.22. The lowest BCUT2D eigenvalue weighted by atomic mass is 10.2. The van der Waals surface area contributed by atoms with Crippen LogP contribution in [0.1, 0.15) is 16.8 Å². The fourth-order valence-corrected chi connectivity index (χ4v) is 2.15. The highest BCUT2D eigenvalue weighted by Crippen LogP contribution is 2.08. The maximum atomic E-state index is 12.2. The van der Waals surface area contributed by atoms with Gasteiger partial charge in [0.15, 0.2) is 0 Å². The quantitative estimate of drug-likeness (QED) is 0.805. The minimum atomic E-state index is 0.107. The van der Waals surface area contributed by atoms with Gasteiger partial charge in [-0.05, 0) is 12.1 Å². The number of carbonyl (C=O) groups excluding carboxylic acids is 1. The van der Waals surface area contributed by atoms with Crippen molar-refractivity contribution >= 4 is 5.91 Å². The summed E-state index contributed by atoms with van der Waals surface area (Å²) in [5.41, 5.74) is 0.753. The maximum Gasteiger partial charge on any atom is 0.253 e. The largest absolute Gasteiger partial charge is 0.336 e. The average molecular weight is 243 g/mol. The van der Waals surface area contributed by atoms with Gasteiger partial charge in [0.2, 0.25) is 0 Å². The Morgan fingerprint density at radius 1 is 1.17 bits per heavy atom. The third kappa shape index (κ3) is 3.08. The number of nitriles is 1. The maximum absolute atomic E-state index is 12.2. The summed E-state index contributed by atoms with van der Waals surface area (Å²) in [6.45, 7) is 4.03. The van der Waals surface area contributed by atoms with Crippen molar-refractivity contribution < 1.29 is 4.79 Å². The molecule has 0 N–H and O–H groups in total. The van der Waals surface area contributed by atoms with Crippen LogP contribution in [-0.2, 0) is 0 Å². The minimum absolute atomic E-state index is 0.107. The van der Waals surface area contributed by atoms with E-state index < -0.39 is 0 Å². The minimum Gasteiger partial charge on any atom is -0.336 e. The molecule has 0 unspecified atom stereocenters. The molecule has 4 heteroatoms. The predicted octanol–water partition coefficient (Wildman–Crippen LogP) is 1.36. The molecular formula is C14H17N3O. The van der Waals surface area contributed by atoms with Gasteiger partial charge in [-0.2, -0.15) is 5.26 Å². The van der Waals surface area contributed by atoms with Gasteiger partial charge in [0, 0.05) is 44.7 Å². The van der Waals surface area contributed by atoms with Crippen LogP contribution in [-0.4, -0.2) is 48.4 Å². The molecule has 0 aromatic heterocycles. The summed E-state index contributed by atoms with van der Waals surface area (Å²) in [4.78, 5) is 16.3. The summed E-state index contributed by atoms with van der Waals surface area (Å²) in [7, 11) is 0. The number of hydrogen-bond acceptors (Lipinski definition) is 3. The van der Waals surface area contributed by atoms with Crippen molar-refractivity contribution in [3.05, 3.63) is 35.9 Å². The second kappa shape index (κ2) is 6.18. The van der Waals surface area contributed by atoms with Crippen molar-refractivity contribution in [1.82, 2.24) is 9.80 Å². The van der Waals surface area contributed by atoms with Crippen LogP contribution in [0.3, 0.4) is 0 Å². The van der Waals surface area contributed by atoms with E-state index in [9.17, 15) is 4.79 Å². The van der Waals surface area contributed by atoms with Gasteiger partial charge in [0.25, 0.3) is 5.91 Å². The van der Waals surface area contributed by atoms with Crippen LogP contribution in [0, 0.1) is 11.3 Å². The molecule has 2 rings (SSSR count). The van der Waals surface area contributed by atoms with Gasteiger partial charge in [-0.15, -0.1) is 0 Å². The summed E-state index contributed by atoms with van der Waals surface area (Å²) in [6.07, 6.45) is 0.562. The number of piperazine rings is 1. The van der Waals surface area contributed by atoms with Gasteiger partial charge in [-0.25, -0.2) is 0 Å². The molecule has 0 spiro atoms. The van der Waals surface area contributed by atoms with Crippen LogP contribution < -0.4 is 0 Å². The lowest BCUT2D eigenvalue weighted by Crippen LogP contribution is -2.48. The lowest BCUT2D eigenvalue weighted by Gasteiger charge is -2.34. The van der Waals surface area contributed by atoms with Crippen LogP contribution in [0.5, 0.6) is 0 Å². The molecule has 18 heavy (non-hydrogen) atoms. The van der Waals surface area contributed by atoms with E-state index in [-0.39, 0.29) is 5.91 Å². The van der Waals surface area contributed by atoms with Crippen molar-refractivity contribution in [2.45, 2.75) is 6.42 Å². The molecule has 1 heterocycles. The highest BCUT2D eigenvalue weighted by Gasteiger charge is 2.21. The number of hydrogen-bond donors (Lipinski definition) is 0. The van der Waals surface area contributed by atoms with E-state index in [0.717, 1.165) is 38.3 Å². The highest BCUT2D eigenvalue weighted by atomic mass is 16.2. The Morgan fingerprint density at radius 2 is 1.83 bits per heavy atom. The number of rotatable bonds is 3. The Hall–Kier alpha value is -1.86. The molecule has 0 aliphatic carbocycles. The van der Waals surface area contributed by atoms with Crippen molar-refractivity contribution in [2.24, 2.45) is 0 Å². The third-order valence-electron chi connectivity index (χ3n) is 3.22. The van der Waals surface area contributed by atoms with Crippen LogP contribution in [0.2, 0.25) is 0 Å². The summed E-state index contributed by atoms with van der Waals surface area (Å²) in [5, 5.41) is 8.54. The molecule has 1 aliphatic heterocycles. The fourth-order valence-electron chi connectivity index (χ4n) is 2.15. The second-order valence-electron chi connectivity index (χ2n) is 4.41. The number of carbonyl (C=O) groups is 1. The smallest absolute Gasteiger partial charge is 0.253 e. The van der Waals surface area contributed by atoms with Crippen LogP contribution >= 0.6 is 0 Å². The fraction of sp³-hybridized carbons (Fsp3) is 0.429. The van der Waals surface area contributed by atoms with E-state index in [2.05, 4.69) is 11.0 Å². The first-order valence-corrected chi connectivity index (χ1v) is 6.25. The van der Waals surface area contributed by atoms with Crippen LogP contribution in [0.15, 0.2) is 30.3 Å². The Kier molecular flexibility index (Phi) is 4.32. The van der Waals surface area contributed by atoms with Crippen molar-refractivity contribution in [2.75, 3.05) is 32.7 Å². The SMILES string of the molecule is N#CCCN1CCN(C(=O)c2ccccc2)CC1. The molecule has 0 bridgehead atoms. The molecule has 1 aromatic rings. The van der Waals surface area contributed by atoms with Crippen LogP contribution in [0.25, 0.3) is 0 Å². The number of nitrogens with zero attached hydrogens (tertiary/aromatic N) is 3. The van der Waals surface area contributed by atoms with Gasteiger partial charge < -0.3 is 4.90 Å². The molecule has 0 radical (unpaired) electrons. The molecule has 0 atom stereocenters. The average Bonchev–Trinajstić information content (AvgIpc) is 2.46. The topological polar surface area (TPSA) is 47.3 Å². The van der Waals surface area contributed by atoms with E-state index in [1.807, 2.05) is 35.2 Å². The summed E-state index contributed by atoms with van der Waals surface area (Å²) < 4.78 is 0. The van der Waals surface area contributed by atoms with Gasteiger partial charge in [-0.3, -0.25) is 9.69 Å². The van der Waals surface area contributed by atoms with Crippen molar-refractivity contribution in [1.29, 1.82) is 5.26 Å². The first-order valence-electron chi connectivity index (χ1n) is 6.25. The normalized spacial score (nSPS) is 16.3. The standard InChI is InChI=1S/C14H17N3O/c15-7-4-8-16-9-11-17(12-10-16)14(18)13-5-2-1-3-6-13/h1-3,5-6H,4,8-12H2. The molecule has 1 aliphatic rings. The van der Waals surface area contributed by atoms with Gasteiger partial charge in [0.1, 0.15) is 0 Å². The first kappa shape index (κ1) is 12.6. The molecule has 94 valence electrons. The zero-order chi connectivity index (χ0) is 12.8. The van der Waals surface area contributed by atoms with Crippen molar-refractivity contribution in [3.63, 3.8) is 0 Å². The Labute approximate surface area is 107 Å². The lowest BCUT2D eigenvalue weighted by molar-refractivity contribution is 0.0639. The molecule has 1 saturated heterocycles. The van der Waals surface area contributed by atoms with Gasteiger partial charge in [-0.1, -0.05) is 18.2 Å². The monoisotopic (exact) mass is 243 g/mol. The number of amides is 1.